The van der Waals surface area contributed by atoms with Crippen LogP contribution in [0.2, 0.25) is 0 Å². The van der Waals surface area contributed by atoms with Gasteiger partial charge in [0.2, 0.25) is 0 Å². The van der Waals surface area contributed by atoms with Crippen LogP contribution < -0.4 is 5.32 Å². The number of carbonyl (C=O) groups is 1. The Labute approximate surface area is 110 Å². The Hall–Kier alpha value is -0.810. The van der Waals surface area contributed by atoms with Crippen LogP contribution >= 0.6 is 0 Å². The molecule has 0 aromatic heterocycles. The van der Waals surface area contributed by atoms with Gasteiger partial charge in [-0.2, -0.15) is 0 Å². The molecule has 0 aromatic carbocycles. The number of piperidine rings is 1. The van der Waals surface area contributed by atoms with Gasteiger partial charge in [-0.15, -0.1) is 0 Å². The number of urea groups is 1. The first-order valence-corrected chi connectivity index (χ1v) is 6.85. The molecule has 1 rings (SSSR count). The zero-order valence-corrected chi connectivity index (χ0v) is 11.9. The fourth-order valence-electron chi connectivity index (χ4n) is 1.90. The summed E-state index contributed by atoms with van der Waals surface area (Å²) in [6.45, 7) is 6.82. The third-order valence-corrected chi connectivity index (χ3v) is 3.28. The van der Waals surface area contributed by atoms with E-state index in [0.29, 0.717) is 19.8 Å². The standard InChI is InChI=1S/C13H27N3O2/c1-12-4-7-16(8-5-12)13(17)14-6-10-18-11-9-15(2)3/h12H,4-11H2,1-3H3,(H,14,17). The topological polar surface area (TPSA) is 44.8 Å². The fraction of sp³-hybridized carbons (Fsp3) is 0.923. The summed E-state index contributed by atoms with van der Waals surface area (Å²) in [4.78, 5) is 15.8. The molecule has 1 N–H and O–H groups in total. The van der Waals surface area contributed by atoms with Crippen molar-refractivity contribution in [3.63, 3.8) is 0 Å². The number of rotatable bonds is 6. The number of likely N-dealkylation sites (tertiary alicyclic amines) is 1. The maximum atomic E-state index is 11.8. The Bertz CT molecular complexity index is 238. The molecule has 18 heavy (non-hydrogen) atoms. The van der Waals surface area contributed by atoms with Gasteiger partial charge in [-0.25, -0.2) is 4.79 Å². The van der Waals surface area contributed by atoms with Crippen LogP contribution in [-0.4, -0.2) is 69.3 Å². The summed E-state index contributed by atoms with van der Waals surface area (Å²) in [6, 6.07) is 0.0538. The van der Waals surface area contributed by atoms with Crippen molar-refractivity contribution in [3.05, 3.63) is 0 Å². The lowest BCUT2D eigenvalue weighted by molar-refractivity contribution is 0.117. The molecule has 5 heteroatoms. The van der Waals surface area contributed by atoms with Crippen LogP contribution in [0.15, 0.2) is 0 Å². The first-order chi connectivity index (χ1) is 8.59. The molecule has 0 aliphatic carbocycles. The van der Waals surface area contributed by atoms with E-state index < -0.39 is 0 Å². The number of carbonyl (C=O) groups excluding carboxylic acids is 1. The van der Waals surface area contributed by atoms with Gasteiger partial charge in [0, 0.05) is 26.2 Å². The molecule has 0 saturated carbocycles. The molecule has 2 amide bonds. The number of hydrogen-bond donors (Lipinski definition) is 1. The van der Waals surface area contributed by atoms with E-state index in [1.807, 2.05) is 19.0 Å². The van der Waals surface area contributed by atoms with E-state index >= 15 is 0 Å². The van der Waals surface area contributed by atoms with E-state index in [4.69, 9.17) is 4.74 Å². The molecule has 0 atom stereocenters. The highest BCUT2D eigenvalue weighted by atomic mass is 16.5. The van der Waals surface area contributed by atoms with E-state index in [9.17, 15) is 4.79 Å². The monoisotopic (exact) mass is 257 g/mol. The minimum absolute atomic E-state index is 0.0538. The highest BCUT2D eigenvalue weighted by Crippen LogP contribution is 2.15. The first kappa shape index (κ1) is 15.2. The lowest BCUT2D eigenvalue weighted by Crippen LogP contribution is -2.45. The lowest BCUT2D eigenvalue weighted by Gasteiger charge is -2.30. The minimum atomic E-state index is 0.0538. The Morgan fingerprint density at radius 3 is 2.61 bits per heavy atom. The van der Waals surface area contributed by atoms with E-state index in [1.165, 1.54) is 0 Å². The number of likely N-dealkylation sites (N-methyl/N-ethyl adjacent to an activating group) is 1. The van der Waals surface area contributed by atoms with Crippen LogP contribution in [0.3, 0.4) is 0 Å². The highest BCUT2D eigenvalue weighted by Gasteiger charge is 2.19. The average Bonchev–Trinajstić information content (AvgIpc) is 2.34. The van der Waals surface area contributed by atoms with Crippen molar-refractivity contribution in [2.24, 2.45) is 5.92 Å². The number of amides is 2. The molecule has 1 fully saturated rings. The average molecular weight is 257 g/mol. The zero-order valence-electron chi connectivity index (χ0n) is 11.9. The van der Waals surface area contributed by atoms with E-state index in [0.717, 1.165) is 38.4 Å². The molecule has 0 radical (unpaired) electrons. The van der Waals surface area contributed by atoms with Gasteiger partial charge >= 0.3 is 6.03 Å². The normalized spacial score (nSPS) is 17.2. The maximum absolute atomic E-state index is 11.8. The van der Waals surface area contributed by atoms with Gasteiger partial charge in [-0.1, -0.05) is 6.92 Å². The van der Waals surface area contributed by atoms with Gasteiger partial charge in [0.1, 0.15) is 0 Å². The highest BCUT2D eigenvalue weighted by molar-refractivity contribution is 5.74. The molecule has 0 bridgehead atoms. The summed E-state index contributed by atoms with van der Waals surface area (Å²) in [6.07, 6.45) is 2.24. The van der Waals surface area contributed by atoms with Gasteiger partial charge in [0.05, 0.1) is 13.2 Å². The van der Waals surface area contributed by atoms with Crippen molar-refractivity contribution < 1.29 is 9.53 Å². The van der Waals surface area contributed by atoms with Crippen molar-refractivity contribution in [2.75, 3.05) is 53.5 Å². The van der Waals surface area contributed by atoms with Crippen LogP contribution in [0.5, 0.6) is 0 Å². The Balaban J connectivity index is 2.00. The van der Waals surface area contributed by atoms with E-state index in [1.54, 1.807) is 0 Å². The van der Waals surface area contributed by atoms with Crippen LogP contribution in [-0.2, 0) is 4.74 Å². The smallest absolute Gasteiger partial charge is 0.317 e. The molecule has 1 saturated heterocycles. The molecule has 0 unspecified atom stereocenters. The number of ether oxygens (including phenoxy) is 1. The number of nitrogens with zero attached hydrogens (tertiary/aromatic N) is 2. The van der Waals surface area contributed by atoms with Crippen molar-refractivity contribution >= 4 is 6.03 Å². The van der Waals surface area contributed by atoms with Crippen molar-refractivity contribution in [1.82, 2.24) is 15.1 Å². The first-order valence-electron chi connectivity index (χ1n) is 6.85. The van der Waals surface area contributed by atoms with E-state index in [2.05, 4.69) is 17.1 Å². The minimum Gasteiger partial charge on any atom is -0.378 e. The molecule has 106 valence electrons. The predicted molar refractivity (Wildman–Crippen MR) is 72.7 cm³/mol. The predicted octanol–water partition coefficient (Wildman–Crippen LogP) is 1.01. The zero-order chi connectivity index (χ0) is 13.4. The summed E-state index contributed by atoms with van der Waals surface area (Å²) < 4.78 is 5.42. The van der Waals surface area contributed by atoms with Gasteiger partial charge < -0.3 is 19.9 Å². The van der Waals surface area contributed by atoms with Gasteiger partial charge in [-0.05, 0) is 32.9 Å². The van der Waals surface area contributed by atoms with Gasteiger partial charge in [-0.3, -0.25) is 0 Å². The third-order valence-electron chi connectivity index (χ3n) is 3.28. The SMILES string of the molecule is CC1CCN(C(=O)NCCOCCN(C)C)CC1. The second-order valence-corrected chi connectivity index (χ2v) is 5.32. The molecular weight excluding hydrogens is 230 g/mol. The second kappa shape index (κ2) is 8.32. The van der Waals surface area contributed by atoms with Crippen molar-refractivity contribution in [1.29, 1.82) is 0 Å². The van der Waals surface area contributed by atoms with Crippen LogP contribution in [0.25, 0.3) is 0 Å². The molecule has 1 aliphatic heterocycles. The Morgan fingerprint density at radius 2 is 2.00 bits per heavy atom. The Morgan fingerprint density at radius 1 is 1.33 bits per heavy atom. The lowest BCUT2D eigenvalue weighted by atomic mass is 10.00. The molecule has 0 spiro atoms. The summed E-state index contributed by atoms with van der Waals surface area (Å²) in [5, 5.41) is 2.90. The van der Waals surface area contributed by atoms with Gasteiger partial charge in [0.15, 0.2) is 0 Å². The molecule has 1 aliphatic rings. The summed E-state index contributed by atoms with van der Waals surface area (Å²) >= 11 is 0. The van der Waals surface area contributed by atoms with E-state index in [-0.39, 0.29) is 6.03 Å². The summed E-state index contributed by atoms with van der Waals surface area (Å²) in [7, 11) is 4.03. The maximum Gasteiger partial charge on any atom is 0.317 e. The quantitative estimate of drug-likeness (QED) is 0.722. The number of nitrogens with one attached hydrogen (secondary N) is 1. The van der Waals surface area contributed by atoms with Gasteiger partial charge in [0.25, 0.3) is 0 Å². The summed E-state index contributed by atoms with van der Waals surface area (Å²) in [5.74, 6) is 0.753. The molecule has 1 heterocycles. The number of hydrogen-bond acceptors (Lipinski definition) is 3. The van der Waals surface area contributed by atoms with Crippen LogP contribution in [0, 0.1) is 5.92 Å². The largest absolute Gasteiger partial charge is 0.378 e. The molecule has 0 aromatic rings. The molecular formula is C13H27N3O2. The third kappa shape index (κ3) is 6.21. The van der Waals surface area contributed by atoms with Crippen molar-refractivity contribution in [3.8, 4) is 0 Å². The van der Waals surface area contributed by atoms with Crippen LogP contribution in [0.4, 0.5) is 4.79 Å². The molecule has 5 nitrogen and oxygen atoms in total. The van der Waals surface area contributed by atoms with Crippen molar-refractivity contribution in [2.45, 2.75) is 19.8 Å². The van der Waals surface area contributed by atoms with Crippen LogP contribution in [0.1, 0.15) is 19.8 Å². The Kier molecular flexibility index (Phi) is 7.05. The fourth-order valence-corrected chi connectivity index (χ4v) is 1.90. The summed E-state index contributed by atoms with van der Waals surface area (Å²) in [5.41, 5.74) is 0. The second-order valence-electron chi connectivity index (χ2n) is 5.32.